The molecule has 0 aliphatic heterocycles. The minimum Gasteiger partial charge on any atom is -0.508 e. The molecule has 10 nitrogen and oxygen atoms in total. The van der Waals surface area contributed by atoms with Gasteiger partial charge in [0.2, 0.25) is 0 Å². The molecule has 5 N–H and O–H groups in total. The minimum atomic E-state index is -2.34. The van der Waals surface area contributed by atoms with Crippen LogP contribution in [0.3, 0.4) is 0 Å². The van der Waals surface area contributed by atoms with Gasteiger partial charge in [0, 0.05) is 12.2 Å². The second-order valence-electron chi connectivity index (χ2n) is 6.74. The highest BCUT2D eigenvalue weighted by Gasteiger charge is 2.35. The number of benzene rings is 2. The number of aromatic hydroxyl groups is 2. The molecule has 174 valence electrons. The Morgan fingerprint density at radius 3 is 1.58 bits per heavy atom. The zero-order valence-corrected chi connectivity index (χ0v) is 17.1. The van der Waals surface area contributed by atoms with Crippen LogP contribution in [0.15, 0.2) is 60.7 Å². The minimum absolute atomic E-state index is 0.0241. The summed E-state index contributed by atoms with van der Waals surface area (Å²) in [5, 5.41) is 46.8. The summed E-state index contributed by atoms with van der Waals surface area (Å²) in [6.07, 6.45) is -2.22. The molecule has 0 aliphatic carbocycles. The number of hydrogen-bond donors (Lipinski definition) is 5. The lowest BCUT2D eigenvalue weighted by molar-refractivity contribution is -0.199. The summed E-state index contributed by atoms with van der Waals surface area (Å²) in [6, 6.07) is 11.6. The van der Waals surface area contributed by atoms with Gasteiger partial charge >= 0.3 is 17.9 Å². The molecule has 2 aromatic carbocycles. The van der Waals surface area contributed by atoms with Crippen LogP contribution in [0.1, 0.15) is 17.5 Å². The molecule has 0 spiro atoms. The molecule has 2 rings (SSSR count). The van der Waals surface area contributed by atoms with Crippen molar-refractivity contribution in [1.82, 2.24) is 0 Å². The van der Waals surface area contributed by atoms with Crippen LogP contribution in [0.25, 0.3) is 12.2 Å². The molecule has 0 saturated carbocycles. The quantitative estimate of drug-likeness (QED) is 0.199. The first-order chi connectivity index (χ1) is 15.6. The van der Waals surface area contributed by atoms with Crippen LogP contribution in [0, 0.1) is 0 Å². The van der Waals surface area contributed by atoms with Gasteiger partial charge in [0.25, 0.3) is 0 Å². The number of aliphatic hydroxyl groups is 2. The number of carboxylic acids is 1. The van der Waals surface area contributed by atoms with E-state index in [0.717, 1.165) is 12.2 Å². The molecule has 0 aliphatic rings. The van der Waals surface area contributed by atoms with Crippen LogP contribution >= 0.6 is 0 Å². The van der Waals surface area contributed by atoms with Crippen molar-refractivity contribution in [2.45, 2.75) is 24.9 Å². The third kappa shape index (κ3) is 8.85. The number of carboxylic acid groups (broad SMARTS) is 1. The van der Waals surface area contributed by atoms with Gasteiger partial charge in [-0.3, -0.25) is 4.79 Å². The van der Waals surface area contributed by atoms with Crippen molar-refractivity contribution < 1.29 is 49.4 Å². The van der Waals surface area contributed by atoms with Crippen LogP contribution in [0.2, 0.25) is 0 Å². The predicted molar refractivity (Wildman–Crippen MR) is 115 cm³/mol. The molecule has 0 aromatic heterocycles. The van der Waals surface area contributed by atoms with E-state index in [2.05, 4.69) is 0 Å². The number of aliphatic hydroxyl groups excluding tert-OH is 1. The Balaban J connectivity index is 2.09. The molecular weight excluding hydrogens is 436 g/mol. The topological polar surface area (TPSA) is 171 Å². The number of ether oxygens (including phenoxy) is 2. The first kappa shape index (κ1) is 25.1. The fraction of sp³-hybridized carbons (Fsp3) is 0.174. The lowest BCUT2D eigenvalue weighted by atomic mass is 10.1. The molecule has 2 aromatic rings. The first-order valence-electron chi connectivity index (χ1n) is 9.57. The average Bonchev–Trinajstić information content (AvgIpc) is 2.75. The highest BCUT2D eigenvalue weighted by atomic mass is 16.6. The van der Waals surface area contributed by atoms with E-state index in [1.807, 2.05) is 0 Å². The predicted octanol–water partition coefficient (Wildman–Crippen LogP) is 1.43. The van der Waals surface area contributed by atoms with Gasteiger partial charge in [-0.1, -0.05) is 24.3 Å². The summed E-state index contributed by atoms with van der Waals surface area (Å²) >= 11 is 0. The second kappa shape index (κ2) is 12.0. The monoisotopic (exact) mass is 458 g/mol. The Morgan fingerprint density at radius 2 is 1.18 bits per heavy atom. The molecule has 0 radical (unpaired) electrons. The van der Waals surface area contributed by atoms with E-state index < -0.39 is 42.8 Å². The molecule has 0 amide bonds. The Bertz CT molecular complexity index is 1010. The van der Waals surface area contributed by atoms with Crippen LogP contribution in [0.4, 0.5) is 0 Å². The van der Waals surface area contributed by atoms with Gasteiger partial charge in [0.1, 0.15) is 11.5 Å². The molecule has 0 unspecified atom stereocenters. The Labute approximate surface area is 188 Å². The number of rotatable bonds is 10. The highest BCUT2D eigenvalue weighted by Crippen LogP contribution is 2.16. The maximum absolute atomic E-state index is 12.1. The molecule has 10 heteroatoms. The molecule has 33 heavy (non-hydrogen) atoms. The number of hydrogen-bond acceptors (Lipinski definition) is 9. The van der Waals surface area contributed by atoms with Crippen LogP contribution < -0.4 is 0 Å². The zero-order chi connectivity index (χ0) is 24.4. The number of carbonyl (C=O) groups excluding carboxylic acids is 2. The number of phenols is 2. The summed E-state index contributed by atoms with van der Waals surface area (Å²) in [5.74, 6) is -3.45. The standard InChI is InChI=1S/C23H22O10/c24-16-7-1-14(2-8-16)5-11-20(28)32-18(13-19(26)27)22(23(30)31)33-21(29)12-6-15-3-9-17(25)10-4-15/h1-12,18,22-25,30-31H,13H2,(H,26,27)/t18-,22+/m0/s1. The van der Waals surface area contributed by atoms with E-state index in [0.29, 0.717) is 11.1 Å². The third-order valence-electron chi connectivity index (χ3n) is 4.17. The van der Waals surface area contributed by atoms with Crippen molar-refractivity contribution in [1.29, 1.82) is 0 Å². The van der Waals surface area contributed by atoms with E-state index in [4.69, 9.17) is 14.6 Å². The highest BCUT2D eigenvalue weighted by molar-refractivity contribution is 5.88. The Hall–Kier alpha value is -4.15. The van der Waals surface area contributed by atoms with E-state index in [9.17, 15) is 34.8 Å². The lowest BCUT2D eigenvalue weighted by Gasteiger charge is -2.26. The Morgan fingerprint density at radius 1 is 0.758 bits per heavy atom. The number of aliphatic carboxylic acids is 1. The normalized spacial score (nSPS) is 13.2. The Kier molecular flexibility index (Phi) is 9.16. The summed E-state index contributed by atoms with van der Waals surface area (Å²) in [4.78, 5) is 35.4. The van der Waals surface area contributed by atoms with Gasteiger partial charge in [0.15, 0.2) is 18.5 Å². The average molecular weight is 458 g/mol. The second-order valence-corrected chi connectivity index (χ2v) is 6.74. The smallest absolute Gasteiger partial charge is 0.331 e. The van der Waals surface area contributed by atoms with Crippen molar-refractivity contribution in [2.75, 3.05) is 0 Å². The van der Waals surface area contributed by atoms with Crippen molar-refractivity contribution in [3.05, 3.63) is 71.8 Å². The van der Waals surface area contributed by atoms with Crippen molar-refractivity contribution in [3.8, 4) is 11.5 Å². The van der Waals surface area contributed by atoms with Gasteiger partial charge in [-0.2, -0.15) is 0 Å². The number of carbonyl (C=O) groups is 3. The van der Waals surface area contributed by atoms with Crippen molar-refractivity contribution >= 4 is 30.1 Å². The lowest BCUT2D eigenvalue weighted by Crippen LogP contribution is -2.44. The van der Waals surface area contributed by atoms with Crippen LogP contribution in [-0.4, -0.2) is 61.9 Å². The number of esters is 2. The summed E-state index contributed by atoms with van der Waals surface area (Å²) in [6.45, 7) is 0. The molecule has 2 atom stereocenters. The summed E-state index contributed by atoms with van der Waals surface area (Å²) in [7, 11) is 0. The number of phenolic OH excluding ortho intramolecular Hbond substituents is 2. The van der Waals surface area contributed by atoms with E-state index >= 15 is 0 Å². The van der Waals surface area contributed by atoms with Gasteiger partial charge in [-0.05, 0) is 47.5 Å². The van der Waals surface area contributed by atoms with Gasteiger partial charge < -0.3 is 35.0 Å². The molecule has 0 heterocycles. The van der Waals surface area contributed by atoms with Crippen LogP contribution in [-0.2, 0) is 23.9 Å². The maximum atomic E-state index is 12.1. The third-order valence-corrected chi connectivity index (χ3v) is 4.17. The van der Waals surface area contributed by atoms with Gasteiger partial charge in [-0.25, -0.2) is 9.59 Å². The van der Waals surface area contributed by atoms with Crippen molar-refractivity contribution in [2.24, 2.45) is 0 Å². The maximum Gasteiger partial charge on any atom is 0.331 e. The fourth-order valence-corrected chi connectivity index (χ4v) is 2.59. The van der Waals surface area contributed by atoms with E-state index in [-0.39, 0.29) is 11.5 Å². The van der Waals surface area contributed by atoms with Gasteiger partial charge in [-0.15, -0.1) is 0 Å². The van der Waals surface area contributed by atoms with E-state index in [1.165, 1.54) is 60.7 Å². The fourth-order valence-electron chi connectivity index (χ4n) is 2.59. The first-order valence-corrected chi connectivity index (χ1v) is 9.57. The zero-order valence-electron chi connectivity index (χ0n) is 17.1. The molecule has 0 saturated heterocycles. The summed E-state index contributed by atoms with van der Waals surface area (Å²) in [5.41, 5.74) is 1.06. The molecule has 0 bridgehead atoms. The molecular formula is C23H22O10. The SMILES string of the molecule is O=C(O)C[C@H](OC(=O)C=Cc1ccc(O)cc1)[C@@H](OC(=O)C=Cc1ccc(O)cc1)C(O)O. The van der Waals surface area contributed by atoms with E-state index in [1.54, 1.807) is 0 Å². The molecule has 0 fully saturated rings. The van der Waals surface area contributed by atoms with Crippen molar-refractivity contribution in [3.63, 3.8) is 0 Å². The summed E-state index contributed by atoms with van der Waals surface area (Å²) < 4.78 is 9.93. The largest absolute Gasteiger partial charge is 0.508 e. The van der Waals surface area contributed by atoms with Crippen LogP contribution in [0.5, 0.6) is 11.5 Å². The van der Waals surface area contributed by atoms with Gasteiger partial charge in [0.05, 0.1) is 6.42 Å².